The SMILES string of the molecule is NC(=O)Nc1ccnc2[nH]cc(C=C(C(=O)O)c3ccccc3)c12. The fourth-order valence-corrected chi connectivity index (χ4v) is 2.47. The maximum absolute atomic E-state index is 11.6. The van der Waals surface area contributed by atoms with Crippen LogP contribution in [0.4, 0.5) is 10.5 Å². The van der Waals surface area contributed by atoms with E-state index < -0.39 is 12.0 Å². The number of carboxylic acid groups (broad SMARTS) is 1. The molecule has 0 saturated carbocycles. The highest BCUT2D eigenvalue weighted by atomic mass is 16.4. The summed E-state index contributed by atoms with van der Waals surface area (Å²) in [6.07, 6.45) is 4.69. The molecule has 0 bridgehead atoms. The standard InChI is InChI=1S/C17H14N4O3/c18-17(24)21-13-6-7-19-15-14(13)11(9-20-15)8-12(16(22)23)10-4-2-1-3-5-10/h1-9H,(H,22,23)(H4,18,19,20,21,24). The number of nitrogens with one attached hydrogen (secondary N) is 2. The minimum atomic E-state index is -1.05. The Morgan fingerprint density at radius 3 is 2.62 bits per heavy atom. The monoisotopic (exact) mass is 322 g/mol. The quantitative estimate of drug-likeness (QED) is 0.552. The van der Waals surface area contributed by atoms with Crippen LogP contribution in [0.1, 0.15) is 11.1 Å². The summed E-state index contributed by atoms with van der Waals surface area (Å²) in [4.78, 5) is 29.9. The Morgan fingerprint density at radius 1 is 1.21 bits per heavy atom. The number of H-pyrrole nitrogens is 1. The van der Waals surface area contributed by atoms with Crippen molar-refractivity contribution >= 4 is 40.4 Å². The van der Waals surface area contributed by atoms with Gasteiger partial charge in [-0.05, 0) is 17.7 Å². The first kappa shape index (κ1) is 15.3. The van der Waals surface area contributed by atoms with Gasteiger partial charge in [0.05, 0.1) is 11.3 Å². The molecule has 0 aliphatic rings. The Labute approximate surface area is 136 Å². The summed E-state index contributed by atoms with van der Waals surface area (Å²) < 4.78 is 0. The average molecular weight is 322 g/mol. The van der Waals surface area contributed by atoms with Crippen molar-refractivity contribution in [2.75, 3.05) is 5.32 Å². The van der Waals surface area contributed by atoms with Gasteiger partial charge in [-0.3, -0.25) is 0 Å². The van der Waals surface area contributed by atoms with E-state index in [1.807, 2.05) is 6.07 Å². The van der Waals surface area contributed by atoms with E-state index in [2.05, 4.69) is 15.3 Å². The van der Waals surface area contributed by atoms with Crippen molar-refractivity contribution in [3.8, 4) is 0 Å². The molecule has 0 atom stereocenters. The molecule has 0 radical (unpaired) electrons. The van der Waals surface area contributed by atoms with E-state index in [0.29, 0.717) is 27.8 Å². The molecule has 2 aromatic heterocycles. The molecule has 7 nitrogen and oxygen atoms in total. The Hall–Kier alpha value is -3.61. The van der Waals surface area contributed by atoms with Crippen molar-refractivity contribution < 1.29 is 14.7 Å². The van der Waals surface area contributed by atoms with Gasteiger partial charge in [-0.15, -0.1) is 0 Å². The number of carboxylic acids is 1. The first-order chi connectivity index (χ1) is 11.6. The Morgan fingerprint density at radius 2 is 1.96 bits per heavy atom. The molecular formula is C17H14N4O3. The summed E-state index contributed by atoms with van der Waals surface area (Å²) in [6.45, 7) is 0. The summed E-state index contributed by atoms with van der Waals surface area (Å²) in [5.74, 6) is -1.05. The van der Waals surface area contributed by atoms with Crippen molar-refractivity contribution in [2.24, 2.45) is 5.73 Å². The maximum Gasteiger partial charge on any atom is 0.336 e. The van der Waals surface area contributed by atoms with Crippen molar-refractivity contribution in [3.63, 3.8) is 0 Å². The summed E-state index contributed by atoms with van der Waals surface area (Å²) in [5, 5.41) is 12.6. The second-order valence-corrected chi connectivity index (χ2v) is 5.04. The number of hydrogen-bond donors (Lipinski definition) is 4. The lowest BCUT2D eigenvalue weighted by molar-refractivity contribution is -0.130. The maximum atomic E-state index is 11.6. The van der Waals surface area contributed by atoms with Gasteiger partial charge in [0.1, 0.15) is 5.65 Å². The van der Waals surface area contributed by atoms with Gasteiger partial charge in [0, 0.05) is 23.3 Å². The van der Waals surface area contributed by atoms with Crippen LogP contribution in [0.15, 0.2) is 48.8 Å². The Kier molecular flexibility index (Phi) is 3.98. The number of pyridine rings is 1. The Bertz CT molecular complexity index is 945. The summed E-state index contributed by atoms with van der Waals surface area (Å²) in [5.41, 5.74) is 7.45. The van der Waals surface area contributed by atoms with E-state index >= 15 is 0 Å². The zero-order valence-electron chi connectivity index (χ0n) is 12.5. The summed E-state index contributed by atoms with van der Waals surface area (Å²) >= 11 is 0. The molecule has 0 fully saturated rings. The molecule has 120 valence electrons. The third-order valence-corrected chi connectivity index (χ3v) is 3.48. The van der Waals surface area contributed by atoms with Gasteiger partial charge in [0.25, 0.3) is 0 Å². The molecule has 0 aliphatic heterocycles. The third-order valence-electron chi connectivity index (χ3n) is 3.48. The van der Waals surface area contributed by atoms with Gasteiger partial charge in [0.15, 0.2) is 0 Å². The second kappa shape index (κ2) is 6.25. The van der Waals surface area contributed by atoms with E-state index in [4.69, 9.17) is 5.73 Å². The van der Waals surface area contributed by atoms with E-state index in [9.17, 15) is 14.7 Å². The largest absolute Gasteiger partial charge is 0.478 e. The minimum absolute atomic E-state index is 0.130. The number of aromatic amines is 1. The molecule has 0 aliphatic carbocycles. The predicted octanol–water partition coefficient (Wildman–Crippen LogP) is 2.68. The molecule has 1 aromatic carbocycles. The number of carbonyl (C=O) groups is 2. The highest BCUT2D eigenvalue weighted by Crippen LogP contribution is 2.28. The van der Waals surface area contributed by atoms with E-state index in [1.54, 1.807) is 36.5 Å². The summed E-state index contributed by atoms with van der Waals surface area (Å²) in [6, 6.07) is 9.67. The number of carbonyl (C=O) groups excluding carboxylic acids is 1. The van der Waals surface area contributed by atoms with Crippen LogP contribution in [-0.4, -0.2) is 27.1 Å². The van der Waals surface area contributed by atoms with Crippen LogP contribution in [-0.2, 0) is 4.79 Å². The van der Waals surface area contributed by atoms with Crippen LogP contribution < -0.4 is 11.1 Å². The first-order valence-electron chi connectivity index (χ1n) is 7.09. The Balaban J connectivity index is 2.18. The van der Waals surface area contributed by atoms with Gasteiger partial charge in [-0.2, -0.15) is 0 Å². The van der Waals surface area contributed by atoms with Crippen LogP contribution >= 0.6 is 0 Å². The number of aromatic nitrogens is 2. The number of urea groups is 1. The number of amides is 2. The van der Waals surface area contributed by atoms with Crippen molar-refractivity contribution in [2.45, 2.75) is 0 Å². The average Bonchev–Trinajstić information content (AvgIpc) is 2.97. The van der Waals surface area contributed by atoms with Crippen LogP contribution in [0.5, 0.6) is 0 Å². The zero-order chi connectivity index (χ0) is 17.1. The molecule has 3 aromatic rings. The van der Waals surface area contributed by atoms with E-state index in [1.165, 1.54) is 12.3 Å². The molecule has 2 heterocycles. The first-order valence-corrected chi connectivity index (χ1v) is 7.09. The number of rotatable bonds is 4. The second-order valence-electron chi connectivity index (χ2n) is 5.04. The topological polar surface area (TPSA) is 121 Å². The minimum Gasteiger partial charge on any atom is -0.478 e. The molecule has 0 saturated heterocycles. The van der Waals surface area contributed by atoms with Gasteiger partial charge >= 0.3 is 12.0 Å². The van der Waals surface area contributed by atoms with Crippen molar-refractivity contribution in [1.82, 2.24) is 9.97 Å². The van der Waals surface area contributed by atoms with Crippen LogP contribution in [0.2, 0.25) is 0 Å². The number of anilines is 1. The molecular weight excluding hydrogens is 308 g/mol. The lowest BCUT2D eigenvalue weighted by Crippen LogP contribution is -2.19. The molecule has 0 unspecified atom stereocenters. The fraction of sp³-hybridized carbons (Fsp3) is 0. The zero-order valence-corrected chi connectivity index (χ0v) is 12.5. The fourth-order valence-electron chi connectivity index (χ4n) is 2.47. The van der Waals surface area contributed by atoms with Gasteiger partial charge in [0.2, 0.25) is 0 Å². The normalized spacial score (nSPS) is 11.4. The van der Waals surface area contributed by atoms with Crippen molar-refractivity contribution in [1.29, 1.82) is 0 Å². The number of nitrogens with two attached hydrogens (primary N) is 1. The van der Waals surface area contributed by atoms with Gasteiger partial charge < -0.3 is 21.1 Å². The highest BCUT2D eigenvalue weighted by molar-refractivity contribution is 6.22. The molecule has 3 rings (SSSR count). The number of benzene rings is 1. The lowest BCUT2D eigenvalue weighted by atomic mass is 10.0. The summed E-state index contributed by atoms with van der Waals surface area (Å²) in [7, 11) is 0. The van der Waals surface area contributed by atoms with E-state index in [0.717, 1.165) is 0 Å². The number of hydrogen-bond acceptors (Lipinski definition) is 3. The molecule has 2 amide bonds. The van der Waals surface area contributed by atoms with Gasteiger partial charge in [-0.25, -0.2) is 14.6 Å². The van der Waals surface area contributed by atoms with Gasteiger partial charge in [-0.1, -0.05) is 30.3 Å². The van der Waals surface area contributed by atoms with E-state index in [-0.39, 0.29) is 5.57 Å². The number of nitrogens with zero attached hydrogens (tertiary/aromatic N) is 1. The predicted molar refractivity (Wildman–Crippen MR) is 91.2 cm³/mol. The number of fused-ring (bicyclic) bond motifs is 1. The molecule has 5 N–H and O–H groups in total. The third kappa shape index (κ3) is 2.95. The lowest BCUT2D eigenvalue weighted by Gasteiger charge is -2.05. The van der Waals surface area contributed by atoms with Crippen LogP contribution in [0.3, 0.4) is 0 Å². The smallest absolute Gasteiger partial charge is 0.336 e. The van der Waals surface area contributed by atoms with Crippen LogP contribution in [0, 0.1) is 0 Å². The highest BCUT2D eigenvalue weighted by Gasteiger charge is 2.14. The van der Waals surface area contributed by atoms with Crippen LogP contribution in [0.25, 0.3) is 22.7 Å². The molecule has 24 heavy (non-hydrogen) atoms. The molecule has 0 spiro atoms. The molecule has 7 heteroatoms. The number of aliphatic carboxylic acids is 1. The van der Waals surface area contributed by atoms with Crippen molar-refractivity contribution in [3.05, 3.63) is 59.9 Å². The number of primary amides is 1.